The first kappa shape index (κ1) is 12.1. The fourth-order valence-electron chi connectivity index (χ4n) is 1.14. The molecule has 74 valence electrons. The van der Waals surface area contributed by atoms with Gasteiger partial charge in [0.15, 0.2) is 0 Å². The first-order valence-electron chi connectivity index (χ1n) is 4.32. The summed E-state index contributed by atoms with van der Waals surface area (Å²) in [5.41, 5.74) is -0.558. The molecular formula is C11H18O2. The van der Waals surface area contributed by atoms with Crippen molar-refractivity contribution in [2.45, 2.75) is 18.4 Å². The Labute approximate surface area is 80.2 Å². The van der Waals surface area contributed by atoms with Crippen LogP contribution in [-0.4, -0.2) is 23.9 Å². The van der Waals surface area contributed by atoms with Crippen LogP contribution in [0.3, 0.4) is 0 Å². The molecule has 0 saturated heterocycles. The molecule has 0 aliphatic carbocycles. The highest BCUT2D eigenvalue weighted by Crippen LogP contribution is 2.21. The van der Waals surface area contributed by atoms with E-state index in [1.54, 1.807) is 18.2 Å². The highest BCUT2D eigenvalue weighted by Gasteiger charge is 2.26. The molecule has 0 aliphatic rings. The maximum atomic E-state index is 9.21. The van der Waals surface area contributed by atoms with Crippen molar-refractivity contribution in [2.24, 2.45) is 0 Å². The van der Waals surface area contributed by atoms with Gasteiger partial charge in [0.25, 0.3) is 0 Å². The maximum absolute atomic E-state index is 9.21. The molecule has 0 saturated carbocycles. The summed E-state index contributed by atoms with van der Waals surface area (Å²) < 4.78 is 5.50. The summed E-state index contributed by atoms with van der Waals surface area (Å²) in [4.78, 5) is 0. The molecule has 13 heavy (non-hydrogen) atoms. The fourth-order valence-corrected chi connectivity index (χ4v) is 1.14. The summed E-state index contributed by atoms with van der Waals surface area (Å²) in [6.45, 7) is 11.2. The van der Waals surface area contributed by atoms with Crippen LogP contribution in [0.1, 0.15) is 12.8 Å². The Morgan fingerprint density at radius 2 is 1.62 bits per heavy atom. The number of aliphatic hydroxyl groups excluding tert-OH is 1. The van der Waals surface area contributed by atoms with Crippen molar-refractivity contribution in [1.82, 2.24) is 0 Å². The predicted molar refractivity (Wildman–Crippen MR) is 55.6 cm³/mol. The minimum absolute atomic E-state index is 0.0289. The molecule has 2 nitrogen and oxygen atoms in total. The van der Waals surface area contributed by atoms with Crippen LogP contribution in [0.15, 0.2) is 38.0 Å². The molecular weight excluding hydrogens is 164 g/mol. The number of ether oxygens (including phenoxy) is 1. The van der Waals surface area contributed by atoms with Gasteiger partial charge < -0.3 is 9.84 Å². The Hall–Kier alpha value is -0.860. The highest BCUT2D eigenvalue weighted by molar-refractivity contribution is 4.93. The molecule has 0 aromatic rings. The molecule has 0 aliphatic heterocycles. The smallest absolute Gasteiger partial charge is 0.0984 e. The zero-order valence-electron chi connectivity index (χ0n) is 8.04. The second-order valence-electron chi connectivity index (χ2n) is 2.93. The second-order valence-corrected chi connectivity index (χ2v) is 2.93. The quantitative estimate of drug-likeness (QED) is 0.582. The molecule has 0 heterocycles. The van der Waals surface area contributed by atoms with Crippen molar-refractivity contribution in [2.75, 3.05) is 13.2 Å². The first-order valence-corrected chi connectivity index (χ1v) is 4.32. The Morgan fingerprint density at radius 1 is 1.08 bits per heavy atom. The lowest BCUT2D eigenvalue weighted by atomic mass is 9.96. The predicted octanol–water partition coefficient (Wildman–Crippen LogP) is 2.07. The van der Waals surface area contributed by atoms with Crippen LogP contribution in [0.25, 0.3) is 0 Å². The summed E-state index contributed by atoms with van der Waals surface area (Å²) in [6, 6.07) is 0. The van der Waals surface area contributed by atoms with Crippen molar-refractivity contribution in [3.8, 4) is 0 Å². The minimum atomic E-state index is -0.558. The van der Waals surface area contributed by atoms with Gasteiger partial charge in [-0.3, -0.25) is 0 Å². The normalized spacial score (nSPS) is 10.8. The van der Waals surface area contributed by atoms with Gasteiger partial charge in [-0.1, -0.05) is 18.2 Å². The molecule has 0 aromatic carbocycles. The third-order valence-electron chi connectivity index (χ3n) is 1.83. The van der Waals surface area contributed by atoms with Gasteiger partial charge in [0, 0.05) is 0 Å². The van der Waals surface area contributed by atoms with Crippen molar-refractivity contribution in [3.05, 3.63) is 38.0 Å². The molecule has 2 heteroatoms. The van der Waals surface area contributed by atoms with Crippen LogP contribution in [0.4, 0.5) is 0 Å². The van der Waals surface area contributed by atoms with E-state index >= 15 is 0 Å². The van der Waals surface area contributed by atoms with E-state index < -0.39 is 5.60 Å². The van der Waals surface area contributed by atoms with Gasteiger partial charge >= 0.3 is 0 Å². The summed E-state index contributed by atoms with van der Waals surface area (Å²) in [5, 5.41) is 9.21. The standard InChI is InChI=1S/C11H18O2/c1-4-7-11(10-12,8-5-2)13-9-6-3/h4-6,12H,1-3,7-10H2. The Kier molecular flexibility index (Phi) is 6.20. The van der Waals surface area contributed by atoms with Gasteiger partial charge in [-0.05, 0) is 12.8 Å². The lowest BCUT2D eigenvalue weighted by Crippen LogP contribution is -2.36. The van der Waals surface area contributed by atoms with Crippen LogP contribution < -0.4 is 0 Å². The third kappa shape index (κ3) is 4.06. The molecule has 0 radical (unpaired) electrons. The number of rotatable bonds is 8. The fraction of sp³-hybridized carbons (Fsp3) is 0.455. The summed E-state index contributed by atoms with van der Waals surface area (Å²) in [6.07, 6.45) is 6.37. The lowest BCUT2D eigenvalue weighted by Gasteiger charge is -2.29. The largest absolute Gasteiger partial charge is 0.393 e. The lowest BCUT2D eigenvalue weighted by molar-refractivity contribution is -0.0637. The molecule has 0 fully saturated rings. The van der Waals surface area contributed by atoms with E-state index in [0.717, 1.165) is 0 Å². The number of aliphatic hydroxyl groups is 1. The molecule has 1 N–H and O–H groups in total. The maximum Gasteiger partial charge on any atom is 0.0984 e. The molecule has 0 atom stereocenters. The third-order valence-corrected chi connectivity index (χ3v) is 1.83. The Balaban J connectivity index is 4.31. The van der Waals surface area contributed by atoms with Crippen LogP contribution in [0.2, 0.25) is 0 Å². The van der Waals surface area contributed by atoms with Gasteiger partial charge in [0.2, 0.25) is 0 Å². The number of hydrogen-bond acceptors (Lipinski definition) is 2. The van der Waals surface area contributed by atoms with Gasteiger partial charge in [-0.15, -0.1) is 19.7 Å². The summed E-state index contributed by atoms with van der Waals surface area (Å²) in [7, 11) is 0. The average Bonchev–Trinajstić information content (AvgIpc) is 2.15. The van der Waals surface area contributed by atoms with E-state index in [1.807, 2.05) is 0 Å². The second kappa shape index (κ2) is 6.63. The Bertz CT molecular complexity index is 163. The van der Waals surface area contributed by atoms with E-state index in [4.69, 9.17) is 4.74 Å². The zero-order valence-corrected chi connectivity index (χ0v) is 8.04. The van der Waals surface area contributed by atoms with Crippen LogP contribution in [0.5, 0.6) is 0 Å². The Morgan fingerprint density at radius 3 is 1.92 bits per heavy atom. The van der Waals surface area contributed by atoms with E-state index in [-0.39, 0.29) is 6.61 Å². The van der Waals surface area contributed by atoms with Crippen LogP contribution in [-0.2, 0) is 4.74 Å². The molecule has 0 aromatic heterocycles. The topological polar surface area (TPSA) is 29.5 Å². The van der Waals surface area contributed by atoms with E-state index in [1.165, 1.54) is 0 Å². The molecule has 0 unspecified atom stereocenters. The highest BCUT2D eigenvalue weighted by atomic mass is 16.5. The van der Waals surface area contributed by atoms with Gasteiger partial charge in [-0.25, -0.2) is 0 Å². The molecule has 0 spiro atoms. The van der Waals surface area contributed by atoms with Crippen molar-refractivity contribution >= 4 is 0 Å². The average molecular weight is 182 g/mol. The van der Waals surface area contributed by atoms with Gasteiger partial charge in [0.1, 0.15) is 0 Å². The van der Waals surface area contributed by atoms with E-state index in [0.29, 0.717) is 19.4 Å². The van der Waals surface area contributed by atoms with Gasteiger partial charge in [0.05, 0.1) is 18.8 Å². The van der Waals surface area contributed by atoms with Crippen molar-refractivity contribution < 1.29 is 9.84 Å². The van der Waals surface area contributed by atoms with E-state index in [9.17, 15) is 5.11 Å². The van der Waals surface area contributed by atoms with Crippen molar-refractivity contribution in [3.63, 3.8) is 0 Å². The van der Waals surface area contributed by atoms with Crippen LogP contribution >= 0.6 is 0 Å². The van der Waals surface area contributed by atoms with Gasteiger partial charge in [-0.2, -0.15) is 0 Å². The summed E-state index contributed by atoms with van der Waals surface area (Å²) >= 11 is 0. The zero-order chi connectivity index (χ0) is 10.2. The van der Waals surface area contributed by atoms with Crippen LogP contribution in [0, 0.1) is 0 Å². The minimum Gasteiger partial charge on any atom is -0.393 e. The SMILES string of the molecule is C=CCOC(CO)(CC=C)CC=C. The first-order chi connectivity index (χ1) is 6.24. The van der Waals surface area contributed by atoms with E-state index in [2.05, 4.69) is 19.7 Å². The molecule has 0 rings (SSSR count). The molecule has 0 bridgehead atoms. The number of hydrogen-bond donors (Lipinski definition) is 1. The monoisotopic (exact) mass is 182 g/mol. The molecule has 0 amide bonds. The summed E-state index contributed by atoms with van der Waals surface area (Å²) in [5.74, 6) is 0. The van der Waals surface area contributed by atoms with Crippen molar-refractivity contribution in [1.29, 1.82) is 0 Å².